The largest absolute Gasteiger partial charge is 0.334 e. The van der Waals surface area contributed by atoms with Crippen LogP contribution in [0.5, 0.6) is 0 Å². The fraction of sp³-hybridized carbons (Fsp3) is 0.375. The van der Waals surface area contributed by atoms with Crippen LogP contribution in [0.25, 0.3) is 10.8 Å². The molecule has 2 aromatic carbocycles. The van der Waals surface area contributed by atoms with E-state index in [-0.39, 0.29) is 0 Å². The number of fused-ring (bicyclic) bond motifs is 1. The van der Waals surface area contributed by atoms with Crippen LogP contribution in [-0.4, -0.2) is 19.4 Å². The molecule has 0 amide bonds. The van der Waals surface area contributed by atoms with Gasteiger partial charge < -0.3 is 9.05 Å². The monoisotopic (exact) mass is 276 g/mol. The molecule has 0 N–H and O–H groups in total. The Morgan fingerprint density at radius 2 is 1.58 bits per heavy atom. The molecule has 0 spiro atoms. The Kier molecular flexibility index (Phi) is 5.78. The van der Waals surface area contributed by atoms with Crippen LogP contribution in [0.3, 0.4) is 0 Å². The van der Waals surface area contributed by atoms with Crippen LogP contribution in [0.4, 0.5) is 0 Å². The maximum absolute atomic E-state index is 5.63. The van der Waals surface area contributed by atoms with Crippen molar-refractivity contribution in [3.05, 3.63) is 48.0 Å². The Bertz CT molecular complexity index is 507. The molecule has 0 fully saturated rings. The van der Waals surface area contributed by atoms with Gasteiger partial charge in [-0.3, -0.25) is 0 Å². The molecular weight excluding hydrogens is 255 g/mol. The zero-order chi connectivity index (χ0) is 13.5. The van der Waals surface area contributed by atoms with Gasteiger partial charge in [0, 0.05) is 6.16 Å². The molecule has 2 nitrogen and oxygen atoms in total. The maximum Gasteiger partial charge on any atom is 0.170 e. The number of benzene rings is 2. The van der Waals surface area contributed by atoms with Crippen LogP contribution in [0, 0.1) is 0 Å². The predicted octanol–water partition coefficient (Wildman–Crippen LogP) is 4.77. The minimum absolute atomic E-state index is 0.726. The first-order valence-corrected chi connectivity index (χ1v) is 8.20. The van der Waals surface area contributed by atoms with E-state index in [2.05, 4.69) is 42.5 Å². The third-order valence-electron chi connectivity index (χ3n) is 2.94. The van der Waals surface area contributed by atoms with Crippen molar-refractivity contribution in [1.82, 2.24) is 0 Å². The molecular formula is C16H21O2P. The van der Waals surface area contributed by atoms with E-state index in [1.807, 2.05) is 13.8 Å². The quantitative estimate of drug-likeness (QED) is 0.678. The van der Waals surface area contributed by atoms with Gasteiger partial charge >= 0.3 is 0 Å². The van der Waals surface area contributed by atoms with Gasteiger partial charge in [0.1, 0.15) is 0 Å². The molecule has 0 atom stereocenters. The predicted molar refractivity (Wildman–Crippen MR) is 82.7 cm³/mol. The molecule has 3 heteroatoms. The average Bonchev–Trinajstić information content (AvgIpc) is 2.45. The standard InChI is InChI=1S/C16H21O2P/c1-3-17-19(18-4-2)12-11-14-9-10-15-7-5-6-8-16(15)13-14/h5-10,13H,3-4,11-12H2,1-2H3. The average molecular weight is 276 g/mol. The summed E-state index contributed by atoms with van der Waals surface area (Å²) in [7, 11) is -0.728. The maximum atomic E-state index is 5.63. The van der Waals surface area contributed by atoms with Crippen LogP contribution in [0.15, 0.2) is 42.5 Å². The Labute approximate surface area is 116 Å². The molecule has 102 valence electrons. The Balaban J connectivity index is 2.00. The fourth-order valence-corrected chi connectivity index (χ4v) is 3.42. The number of rotatable bonds is 7. The second kappa shape index (κ2) is 7.59. The summed E-state index contributed by atoms with van der Waals surface area (Å²) in [5.41, 5.74) is 1.35. The van der Waals surface area contributed by atoms with Crippen molar-refractivity contribution in [2.45, 2.75) is 20.3 Å². The van der Waals surface area contributed by atoms with E-state index >= 15 is 0 Å². The first kappa shape index (κ1) is 14.5. The highest BCUT2D eigenvalue weighted by Gasteiger charge is 2.09. The second-order valence-corrected chi connectivity index (χ2v) is 5.95. The van der Waals surface area contributed by atoms with Crippen LogP contribution in [-0.2, 0) is 15.5 Å². The van der Waals surface area contributed by atoms with E-state index in [1.165, 1.54) is 16.3 Å². The minimum Gasteiger partial charge on any atom is -0.334 e. The Hall–Kier alpha value is -0.950. The van der Waals surface area contributed by atoms with Crippen molar-refractivity contribution in [2.75, 3.05) is 19.4 Å². The van der Waals surface area contributed by atoms with Crippen molar-refractivity contribution < 1.29 is 9.05 Å². The molecule has 0 heterocycles. The van der Waals surface area contributed by atoms with E-state index in [0.29, 0.717) is 0 Å². The number of aryl methyl sites for hydroxylation is 1. The SMILES string of the molecule is CCOP(CCc1ccc2ccccc2c1)OCC. The first-order valence-electron chi connectivity index (χ1n) is 6.84. The van der Waals surface area contributed by atoms with Crippen molar-refractivity contribution in [2.24, 2.45) is 0 Å². The molecule has 0 radical (unpaired) electrons. The van der Waals surface area contributed by atoms with Gasteiger partial charge in [-0.2, -0.15) is 0 Å². The van der Waals surface area contributed by atoms with Gasteiger partial charge in [-0.15, -0.1) is 0 Å². The topological polar surface area (TPSA) is 18.5 Å². The molecule has 0 aliphatic heterocycles. The van der Waals surface area contributed by atoms with Crippen molar-refractivity contribution in [3.8, 4) is 0 Å². The van der Waals surface area contributed by atoms with E-state index in [0.717, 1.165) is 25.8 Å². The summed E-state index contributed by atoms with van der Waals surface area (Å²) in [6, 6.07) is 15.1. The summed E-state index contributed by atoms with van der Waals surface area (Å²) < 4.78 is 11.3. The van der Waals surface area contributed by atoms with Crippen LogP contribution < -0.4 is 0 Å². The third-order valence-corrected chi connectivity index (χ3v) is 4.62. The smallest absolute Gasteiger partial charge is 0.170 e. The van der Waals surface area contributed by atoms with Gasteiger partial charge in [0.25, 0.3) is 0 Å². The van der Waals surface area contributed by atoms with Gasteiger partial charge in [-0.05, 0) is 36.6 Å². The van der Waals surface area contributed by atoms with E-state index < -0.39 is 8.38 Å². The second-order valence-electron chi connectivity index (χ2n) is 4.32. The lowest BCUT2D eigenvalue weighted by atomic mass is 10.1. The number of hydrogen-bond acceptors (Lipinski definition) is 2. The normalized spacial score (nSPS) is 11.3. The molecule has 0 aliphatic rings. The van der Waals surface area contributed by atoms with Gasteiger partial charge in [0.2, 0.25) is 0 Å². The lowest BCUT2D eigenvalue weighted by molar-refractivity contribution is 0.269. The van der Waals surface area contributed by atoms with Gasteiger partial charge in [-0.1, -0.05) is 42.5 Å². The van der Waals surface area contributed by atoms with Crippen molar-refractivity contribution >= 4 is 19.1 Å². The van der Waals surface area contributed by atoms with Crippen molar-refractivity contribution in [3.63, 3.8) is 0 Å². The highest BCUT2D eigenvalue weighted by Crippen LogP contribution is 2.38. The van der Waals surface area contributed by atoms with Crippen LogP contribution >= 0.6 is 8.38 Å². The minimum atomic E-state index is -0.728. The molecule has 0 bridgehead atoms. The van der Waals surface area contributed by atoms with Gasteiger partial charge in [0.05, 0.1) is 13.2 Å². The zero-order valence-electron chi connectivity index (χ0n) is 11.6. The molecule has 0 saturated heterocycles. The Morgan fingerprint density at radius 3 is 2.26 bits per heavy atom. The van der Waals surface area contributed by atoms with Crippen LogP contribution in [0.2, 0.25) is 0 Å². The molecule has 0 aliphatic carbocycles. The lowest BCUT2D eigenvalue weighted by Crippen LogP contribution is -1.98. The van der Waals surface area contributed by atoms with Gasteiger partial charge in [-0.25, -0.2) is 0 Å². The fourth-order valence-electron chi connectivity index (χ4n) is 2.07. The summed E-state index contributed by atoms with van der Waals surface area (Å²) >= 11 is 0. The summed E-state index contributed by atoms with van der Waals surface area (Å²) in [4.78, 5) is 0. The summed E-state index contributed by atoms with van der Waals surface area (Å²) in [5.74, 6) is 0. The molecule has 2 aromatic rings. The van der Waals surface area contributed by atoms with Gasteiger partial charge in [0.15, 0.2) is 8.38 Å². The molecule has 0 saturated carbocycles. The van der Waals surface area contributed by atoms with Crippen molar-refractivity contribution in [1.29, 1.82) is 0 Å². The van der Waals surface area contributed by atoms with Crippen LogP contribution in [0.1, 0.15) is 19.4 Å². The molecule has 0 unspecified atom stereocenters. The highest BCUT2D eigenvalue weighted by atomic mass is 31.2. The van der Waals surface area contributed by atoms with E-state index in [4.69, 9.17) is 9.05 Å². The third kappa shape index (κ3) is 4.28. The lowest BCUT2D eigenvalue weighted by Gasteiger charge is -2.15. The highest BCUT2D eigenvalue weighted by molar-refractivity contribution is 7.47. The molecule has 2 rings (SSSR count). The molecule has 19 heavy (non-hydrogen) atoms. The first-order chi connectivity index (χ1) is 9.33. The molecule has 0 aromatic heterocycles. The summed E-state index contributed by atoms with van der Waals surface area (Å²) in [6.07, 6.45) is 1.98. The van der Waals surface area contributed by atoms with E-state index in [9.17, 15) is 0 Å². The van der Waals surface area contributed by atoms with E-state index in [1.54, 1.807) is 0 Å². The summed E-state index contributed by atoms with van der Waals surface area (Å²) in [5, 5.41) is 2.60. The Morgan fingerprint density at radius 1 is 0.895 bits per heavy atom. The zero-order valence-corrected chi connectivity index (χ0v) is 12.5. The number of hydrogen-bond donors (Lipinski definition) is 0. The summed E-state index contributed by atoms with van der Waals surface area (Å²) in [6.45, 7) is 5.49.